The number of hydrogen-bond acceptors (Lipinski definition) is 4. The molecule has 22 heavy (non-hydrogen) atoms. The minimum atomic E-state index is -0.930. The Morgan fingerprint density at radius 3 is 2.77 bits per heavy atom. The highest BCUT2D eigenvalue weighted by molar-refractivity contribution is 5.71. The van der Waals surface area contributed by atoms with Crippen LogP contribution in [0, 0.1) is 0 Å². The summed E-state index contributed by atoms with van der Waals surface area (Å²) in [5.74, 6) is -0.930. The predicted molar refractivity (Wildman–Crippen MR) is 82.5 cm³/mol. The lowest BCUT2D eigenvalue weighted by atomic mass is 10.2. The minimum absolute atomic E-state index is 0.441. The summed E-state index contributed by atoms with van der Waals surface area (Å²) in [5, 5.41) is 15.5. The van der Waals surface area contributed by atoms with E-state index in [1.807, 2.05) is 32.9 Å². The first kappa shape index (κ1) is 17.7. The molecule has 1 amide bonds. The van der Waals surface area contributed by atoms with Gasteiger partial charge in [0, 0.05) is 18.3 Å². The molecule has 1 aromatic rings. The molecular formula is C15H23N3O4. The van der Waals surface area contributed by atoms with Crippen LogP contribution in [0.2, 0.25) is 0 Å². The van der Waals surface area contributed by atoms with Crippen LogP contribution in [-0.2, 0) is 9.53 Å². The van der Waals surface area contributed by atoms with E-state index in [4.69, 9.17) is 9.84 Å². The molecule has 0 aliphatic heterocycles. The van der Waals surface area contributed by atoms with Gasteiger partial charge in [0.15, 0.2) is 0 Å². The van der Waals surface area contributed by atoms with Crippen molar-refractivity contribution in [2.24, 2.45) is 0 Å². The first-order chi connectivity index (χ1) is 10.2. The Balaban J connectivity index is 2.35. The lowest BCUT2D eigenvalue weighted by Crippen LogP contribution is -2.32. The molecule has 7 heteroatoms. The maximum absolute atomic E-state index is 11.4. The fourth-order valence-corrected chi connectivity index (χ4v) is 1.55. The van der Waals surface area contributed by atoms with E-state index in [1.54, 1.807) is 19.3 Å². The van der Waals surface area contributed by atoms with Gasteiger partial charge in [-0.15, -0.1) is 0 Å². The number of carboxylic acid groups (broad SMARTS) is 1. The molecule has 0 unspecified atom stereocenters. The molecule has 0 bridgehead atoms. The van der Waals surface area contributed by atoms with Crippen LogP contribution in [0.1, 0.15) is 45.7 Å². The average Bonchev–Trinajstić information content (AvgIpc) is 2.83. The Kier molecular flexibility index (Phi) is 6.15. The Hall–Kier alpha value is -2.31. The highest BCUT2D eigenvalue weighted by atomic mass is 16.6. The zero-order valence-electron chi connectivity index (χ0n) is 13.4. The number of carbonyl (C=O) groups excluding carboxylic acids is 1. The summed E-state index contributed by atoms with van der Waals surface area (Å²) >= 11 is 0. The molecule has 0 fully saturated rings. The molecule has 7 nitrogen and oxygen atoms in total. The molecule has 0 aliphatic rings. The number of nitrogens with one attached hydrogen (secondary N) is 1. The van der Waals surface area contributed by atoms with Crippen LogP contribution in [-0.4, -0.2) is 39.1 Å². The second-order valence-electron chi connectivity index (χ2n) is 5.89. The first-order valence-electron chi connectivity index (χ1n) is 7.09. The summed E-state index contributed by atoms with van der Waals surface area (Å²) in [4.78, 5) is 22.2. The van der Waals surface area contributed by atoms with E-state index in [1.165, 1.54) is 4.68 Å². The van der Waals surface area contributed by atoms with Gasteiger partial charge in [0.05, 0.1) is 6.20 Å². The van der Waals surface area contributed by atoms with Gasteiger partial charge in [0.1, 0.15) is 11.6 Å². The Morgan fingerprint density at radius 2 is 2.18 bits per heavy atom. The number of carboxylic acids is 1. The third-order valence-electron chi connectivity index (χ3n) is 2.67. The third-order valence-corrected chi connectivity index (χ3v) is 2.67. The van der Waals surface area contributed by atoms with Crippen molar-refractivity contribution < 1.29 is 19.4 Å². The molecule has 122 valence electrons. The van der Waals surface area contributed by atoms with Gasteiger partial charge < -0.3 is 15.2 Å². The summed E-state index contributed by atoms with van der Waals surface area (Å²) in [5.41, 5.74) is 0.306. The first-order valence-corrected chi connectivity index (χ1v) is 7.09. The Morgan fingerprint density at radius 1 is 1.50 bits per heavy atom. The summed E-state index contributed by atoms with van der Waals surface area (Å²) < 4.78 is 6.50. The lowest BCUT2D eigenvalue weighted by molar-refractivity contribution is -0.140. The molecule has 0 spiro atoms. The normalized spacial score (nSPS) is 13.1. The van der Waals surface area contributed by atoms with E-state index in [9.17, 15) is 9.59 Å². The van der Waals surface area contributed by atoms with Gasteiger partial charge in [-0.1, -0.05) is 12.2 Å². The molecule has 1 atom stereocenters. The summed E-state index contributed by atoms with van der Waals surface area (Å²) in [6.45, 7) is 7.45. The summed E-state index contributed by atoms with van der Waals surface area (Å²) in [6, 6.07) is -0.698. The molecule has 0 aliphatic carbocycles. The van der Waals surface area contributed by atoms with Crippen molar-refractivity contribution in [3.63, 3.8) is 0 Å². The SMILES string of the molecule is C[C@@H](C(=O)O)n1cc(C=CCCNC(=O)OC(C)(C)C)cn1. The second kappa shape index (κ2) is 7.63. The number of nitrogens with zero attached hydrogens (tertiary/aromatic N) is 2. The van der Waals surface area contributed by atoms with E-state index in [-0.39, 0.29) is 0 Å². The van der Waals surface area contributed by atoms with Gasteiger partial charge in [-0.25, -0.2) is 9.59 Å². The minimum Gasteiger partial charge on any atom is -0.480 e. The third kappa shape index (κ3) is 6.43. The van der Waals surface area contributed by atoms with E-state index < -0.39 is 23.7 Å². The number of aliphatic carboxylic acids is 1. The summed E-state index contributed by atoms with van der Waals surface area (Å²) in [7, 11) is 0. The van der Waals surface area contributed by atoms with Crippen LogP contribution in [0.25, 0.3) is 6.08 Å². The topological polar surface area (TPSA) is 93.5 Å². The van der Waals surface area contributed by atoms with Crippen molar-refractivity contribution in [3.05, 3.63) is 24.0 Å². The van der Waals surface area contributed by atoms with Crippen LogP contribution in [0.5, 0.6) is 0 Å². The van der Waals surface area contributed by atoms with Crippen molar-refractivity contribution >= 4 is 18.1 Å². The zero-order chi connectivity index (χ0) is 16.8. The van der Waals surface area contributed by atoms with Crippen molar-refractivity contribution in [3.8, 4) is 0 Å². The molecule has 0 radical (unpaired) electrons. The molecule has 1 heterocycles. The Labute approximate surface area is 130 Å². The van der Waals surface area contributed by atoms with E-state index in [0.717, 1.165) is 5.56 Å². The van der Waals surface area contributed by atoms with Gasteiger partial charge in [0.25, 0.3) is 0 Å². The van der Waals surface area contributed by atoms with Gasteiger partial charge in [-0.3, -0.25) is 4.68 Å². The van der Waals surface area contributed by atoms with Crippen LogP contribution in [0.4, 0.5) is 4.79 Å². The number of hydrogen-bond donors (Lipinski definition) is 2. The average molecular weight is 309 g/mol. The zero-order valence-corrected chi connectivity index (χ0v) is 13.4. The van der Waals surface area contributed by atoms with Gasteiger partial charge >= 0.3 is 12.1 Å². The Bertz CT molecular complexity index is 543. The standard InChI is InChI=1S/C15H23N3O4/c1-11(13(19)20)18-10-12(9-17-18)7-5-6-8-16-14(21)22-15(2,3)4/h5,7,9-11H,6,8H2,1-4H3,(H,16,21)(H,19,20)/t11-/m0/s1. The molecule has 0 saturated heterocycles. The number of aromatic nitrogens is 2. The number of alkyl carbamates (subject to hydrolysis) is 1. The molecule has 1 aromatic heterocycles. The number of ether oxygens (including phenoxy) is 1. The van der Waals surface area contributed by atoms with Gasteiger partial charge in [-0.2, -0.15) is 5.10 Å². The van der Waals surface area contributed by atoms with Crippen LogP contribution < -0.4 is 5.32 Å². The largest absolute Gasteiger partial charge is 0.480 e. The second-order valence-corrected chi connectivity index (χ2v) is 5.89. The van der Waals surface area contributed by atoms with E-state index >= 15 is 0 Å². The van der Waals surface area contributed by atoms with Crippen molar-refractivity contribution in [2.45, 2.75) is 45.8 Å². The van der Waals surface area contributed by atoms with Crippen molar-refractivity contribution in [2.75, 3.05) is 6.54 Å². The number of amides is 1. The summed E-state index contributed by atoms with van der Waals surface area (Å²) in [6.07, 6.45) is 7.16. The molecule has 2 N–H and O–H groups in total. The maximum Gasteiger partial charge on any atom is 0.407 e. The van der Waals surface area contributed by atoms with E-state index in [2.05, 4.69) is 10.4 Å². The van der Waals surface area contributed by atoms with Crippen molar-refractivity contribution in [1.82, 2.24) is 15.1 Å². The van der Waals surface area contributed by atoms with E-state index in [0.29, 0.717) is 13.0 Å². The van der Waals surface area contributed by atoms with Gasteiger partial charge in [-0.05, 0) is 34.1 Å². The monoisotopic (exact) mass is 309 g/mol. The fourth-order valence-electron chi connectivity index (χ4n) is 1.55. The maximum atomic E-state index is 11.4. The number of carbonyl (C=O) groups is 2. The molecule has 0 aromatic carbocycles. The smallest absolute Gasteiger partial charge is 0.407 e. The fraction of sp³-hybridized carbons (Fsp3) is 0.533. The number of rotatable bonds is 6. The highest BCUT2D eigenvalue weighted by Gasteiger charge is 2.15. The van der Waals surface area contributed by atoms with Crippen LogP contribution in [0.15, 0.2) is 18.5 Å². The quantitative estimate of drug-likeness (QED) is 0.787. The predicted octanol–water partition coefficient (Wildman–Crippen LogP) is 2.46. The van der Waals surface area contributed by atoms with Crippen molar-refractivity contribution in [1.29, 1.82) is 0 Å². The molecule has 0 saturated carbocycles. The van der Waals surface area contributed by atoms with Crippen LogP contribution in [0.3, 0.4) is 0 Å². The molecule has 1 rings (SSSR count). The van der Waals surface area contributed by atoms with Gasteiger partial charge in [0.2, 0.25) is 0 Å². The van der Waals surface area contributed by atoms with Crippen LogP contribution >= 0.6 is 0 Å². The lowest BCUT2D eigenvalue weighted by Gasteiger charge is -2.19. The molecular weight excluding hydrogens is 286 g/mol. The highest BCUT2D eigenvalue weighted by Crippen LogP contribution is 2.08.